The van der Waals surface area contributed by atoms with E-state index in [1.165, 1.54) is 12.1 Å². The van der Waals surface area contributed by atoms with E-state index in [1.54, 1.807) is 57.2 Å². The molecule has 7 heteroatoms. The van der Waals surface area contributed by atoms with Crippen molar-refractivity contribution in [3.05, 3.63) is 59.9 Å². The Balaban J connectivity index is 1.77. The van der Waals surface area contributed by atoms with E-state index in [0.717, 1.165) is 5.56 Å². The van der Waals surface area contributed by atoms with Gasteiger partial charge in [0.1, 0.15) is 30.3 Å². The molecule has 2 rings (SSSR count). The van der Waals surface area contributed by atoms with E-state index in [0.29, 0.717) is 11.4 Å². The van der Waals surface area contributed by atoms with Gasteiger partial charge in [-0.05, 0) is 62.7 Å². The Morgan fingerprint density at radius 3 is 2.41 bits per heavy atom. The summed E-state index contributed by atoms with van der Waals surface area (Å²) in [6.07, 6.45) is -0.654. The predicted octanol–water partition coefficient (Wildman–Crippen LogP) is 3.87. The minimum atomic E-state index is -0.654. The maximum Gasteiger partial charge on any atom is 0.408 e. The van der Waals surface area contributed by atoms with Gasteiger partial charge in [-0.25, -0.2) is 9.18 Å². The van der Waals surface area contributed by atoms with Crippen LogP contribution in [0.4, 0.5) is 14.9 Å². The quantitative estimate of drug-likeness (QED) is 0.805. The average Bonchev–Trinajstić information content (AvgIpc) is 2.58. The van der Waals surface area contributed by atoms with Crippen LogP contribution >= 0.6 is 0 Å². The fraction of sp³-hybridized carbons (Fsp3) is 0.300. The third-order valence-corrected chi connectivity index (χ3v) is 3.22. The molecule has 0 unspecified atom stereocenters. The van der Waals surface area contributed by atoms with Gasteiger partial charge in [-0.1, -0.05) is 12.1 Å². The number of carbonyl (C=O) groups is 2. The Morgan fingerprint density at radius 2 is 1.78 bits per heavy atom. The van der Waals surface area contributed by atoms with Gasteiger partial charge < -0.3 is 20.1 Å². The molecule has 0 radical (unpaired) electrons. The fourth-order valence-corrected chi connectivity index (χ4v) is 2.10. The Kier molecular flexibility index (Phi) is 6.76. The van der Waals surface area contributed by atoms with Crippen molar-refractivity contribution in [2.24, 2.45) is 0 Å². The topological polar surface area (TPSA) is 76.7 Å². The Morgan fingerprint density at radius 1 is 1.07 bits per heavy atom. The van der Waals surface area contributed by atoms with Crippen molar-refractivity contribution >= 4 is 17.7 Å². The zero-order valence-electron chi connectivity index (χ0n) is 15.5. The highest BCUT2D eigenvalue weighted by Gasteiger charge is 2.16. The van der Waals surface area contributed by atoms with Crippen LogP contribution in [0, 0.1) is 5.82 Å². The molecule has 0 atom stereocenters. The summed E-state index contributed by atoms with van der Waals surface area (Å²) in [5, 5.41) is 5.04. The van der Waals surface area contributed by atoms with Crippen molar-refractivity contribution in [1.29, 1.82) is 0 Å². The van der Waals surface area contributed by atoms with E-state index >= 15 is 0 Å². The summed E-state index contributed by atoms with van der Waals surface area (Å²) in [5.74, 6) is -0.104. The minimum absolute atomic E-state index is 0.202. The smallest absolute Gasteiger partial charge is 0.408 e. The first-order chi connectivity index (χ1) is 12.7. The molecular weight excluding hydrogens is 351 g/mol. The average molecular weight is 374 g/mol. The van der Waals surface area contributed by atoms with E-state index in [4.69, 9.17) is 9.47 Å². The number of halogens is 1. The summed E-state index contributed by atoms with van der Waals surface area (Å²) < 4.78 is 23.8. The second-order valence-corrected chi connectivity index (χ2v) is 6.85. The van der Waals surface area contributed by atoms with Gasteiger partial charge in [-0.3, -0.25) is 4.79 Å². The van der Waals surface area contributed by atoms with Crippen LogP contribution in [-0.2, 0) is 16.1 Å². The molecule has 0 aliphatic carbocycles. The van der Waals surface area contributed by atoms with Crippen LogP contribution in [-0.4, -0.2) is 24.1 Å². The first-order valence-electron chi connectivity index (χ1n) is 8.45. The molecule has 0 aromatic heterocycles. The zero-order valence-corrected chi connectivity index (χ0v) is 15.5. The molecule has 0 bridgehead atoms. The van der Waals surface area contributed by atoms with E-state index < -0.39 is 11.7 Å². The molecule has 2 aromatic carbocycles. The van der Waals surface area contributed by atoms with Gasteiger partial charge >= 0.3 is 6.09 Å². The zero-order chi connectivity index (χ0) is 19.9. The molecule has 6 nitrogen and oxygen atoms in total. The van der Waals surface area contributed by atoms with Crippen molar-refractivity contribution in [3.63, 3.8) is 0 Å². The molecule has 0 aliphatic heterocycles. The molecule has 0 saturated heterocycles. The van der Waals surface area contributed by atoms with Crippen molar-refractivity contribution < 1.29 is 23.5 Å². The summed E-state index contributed by atoms with van der Waals surface area (Å²) in [4.78, 5) is 23.4. The van der Waals surface area contributed by atoms with Crippen LogP contribution in [0.1, 0.15) is 26.3 Å². The standard InChI is InChI=1S/C20H23FN2O4/c1-20(2,3)27-19(25)22-12-18(24)23-16-7-9-17(10-8-16)26-13-14-5-4-6-15(21)11-14/h4-11H,12-13H2,1-3H3,(H,22,25)(H,23,24). The van der Waals surface area contributed by atoms with Crippen molar-refractivity contribution in [3.8, 4) is 5.75 Å². The van der Waals surface area contributed by atoms with Gasteiger partial charge in [0.25, 0.3) is 0 Å². The van der Waals surface area contributed by atoms with Gasteiger partial charge in [0, 0.05) is 5.69 Å². The summed E-state index contributed by atoms with van der Waals surface area (Å²) >= 11 is 0. The van der Waals surface area contributed by atoms with Crippen molar-refractivity contribution in [1.82, 2.24) is 5.32 Å². The normalized spacial score (nSPS) is 10.8. The number of amides is 2. The number of hydrogen-bond donors (Lipinski definition) is 2. The summed E-state index contributed by atoms with van der Waals surface area (Å²) in [7, 11) is 0. The Labute approximate surface area is 157 Å². The largest absolute Gasteiger partial charge is 0.489 e. The first kappa shape index (κ1) is 20.2. The van der Waals surface area contributed by atoms with Crippen LogP contribution in [0.3, 0.4) is 0 Å². The summed E-state index contributed by atoms with van der Waals surface area (Å²) in [6, 6.07) is 12.9. The molecule has 0 fully saturated rings. The van der Waals surface area contributed by atoms with E-state index in [9.17, 15) is 14.0 Å². The minimum Gasteiger partial charge on any atom is -0.489 e. The van der Waals surface area contributed by atoms with E-state index in [1.807, 2.05) is 0 Å². The molecule has 2 N–H and O–H groups in total. The third-order valence-electron chi connectivity index (χ3n) is 3.22. The number of benzene rings is 2. The molecule has 144 valence electrons. The number of hydrogen-bond acceptors (Lipinski definition) is 4. The van der Waals surface area contributed by atoms with Gasteiger partial charge in [0.2, 0.25) is 5.91 Å². The molecular formula is C20H23FN2O4. The van der Waals surface area contributed by atoms with Gasteiger partial charge in [0.05, 0.1) is 0 Å². The van der Waals surface area contributed by atoms with Gasteiger partial charge in [-0.15, -0.1) is 0 Å². The number of anilines is 1. The number of rotatable bonds is 6. The number of nitrogens with one attached hydrogen (secondary N) is 2. The molecule has 0 heterocycles. The first-order valence-corrected chi connectivity index (χ1v) is 8.45. The van der Waals surface area contributed by atoms with Crippen LogP contribution in [0.15, 0.2) is 48.5 Å². The molecule has 0 aliphatic rings. The van der Waals surface area contributed by atoms with Crippen LogP contribution in [0.5, 0.6) is 5.75 Å². The van der Waals surface area contributed by atoms with E-state index in [-0.39, 0.29) is 24.9 Å². The lowest BCUT2D eigenvalue weighted by Gasteiger charge is -2.19. The van der Waals surface area contributed by atoms with Gasteiger partial charge in [-0.2, -0.15) is 0 Å². The third kappa shape index (κ3) is 7.77. The number of alkyl carbamates (subject to hydrolysis) is 1. The second-order valence-electron chi connectivity index (χ2n) is 6.85. The molecule has 2 amide bonds. The summed E-state index contributed by atoms with van der Waals surface area (Å²) in [6.45, 7) is 5.26. The van der Waals surface area contributed by atoms with Crippen molar-refractivity contribution in [2.45, 2.75) is 33.0 Å². The lowest BCUT2D eigenvalue weighted by Crippen LogP contribution is -2.37. The molecule has 0 spiro atoms. The predicted molar refractivity (Wildman–Crippen MR) is 100 cm³/mol. The lowest BCUT2D eigenvalue weighted by atomic mass is 10.2. The Hall–Kier alpha value is -3.09. The van der Waals surface area contributed by atoms with Crippen LogP contribution in [0.2, 0.25) is 0 Å². The van der Waals surface area contributed by atoms with E-state index in [2.05, 4.69) is 10.6 Å². The van der Waals surface area contributed by atoms with Gasteiger partial charge in [0.15, 0.2) is 0 Å². The highest BCUT2D eigenvalue weighted by molar-refractivity contribution is 5.93. The van der Waals surface area contributed by atoms with Crippen LogP contribution < -0.4 is 15.4 Å². The fourth-order valence-electron chi connectivity index (χ4n) is 2.10. The molecule has 2 aromatic rings. The lowest BCUT2D eigenvalue weighted by molar-refractivity contribution is -0.115. The highest BCUT2D eigenvalue weighted by atomic mass is 19.1. The highest BCUT2D eigenvalue weighted by Crippen LogP contribution is 2.17. The molecule has 27 heavy (non-hydrogen) atoms. The second kappa shape index (κ2) is 9.02. The number of carbonyl (C=O) groups excluding carboxylic acids is 2. The summed E-state index contributed by atoms with van der Waals surface area (Å²) in [5.41, 5.74) is 0.659. The Bertz CT molecular complexity index is 785. The SMILES string of the molecule is CC(C)(C)OC(=O)NCC(=O)Nc1ccc(OCc2cccc(F)c2)cc1. The van der Waals surface area contributed by atoms with Crippen molar-refractivity contribution in [2.75, 3.05) is 11.9 Å². The maximum absolute atomic E-state index is 13.1. The monoisotopic (exact) mass is 374 g/mol. The van der Waals surface area contributed by atoms with Crippen LogP contribution in [0.25, 0.3) is 0 Å². The molecule has 0 saturated carbocycles. The maximum atomic E-state index is 13.1. The number of ether oxygens (including phenoxy) is 2.